The Kier molecular flexibility index (Phi) is 11.4. The average Bonchev–Trinajstić information content (AvgIpc) is 2.10. The van der Waals surface area contributed by atoms with Crippen LogP contribution in [0.1, 0.15) is 39.5 Å². The van der Waals surface area contributed by atoms with Crippen LogP contribution in [0.2, 0.25) is 13.3 Å². The normalized spacial score (nSPS) is 11.0. The molecule has 0 aliphatic carbocycles. The first-order chi connectivity index (χ1) is 5.85. The fraction of sp³-hybridized carbons (Fsp3) is 1.00. The molecule has 0 aliphatic heterocycles. The maximum atomic E-state index is 2.91. The van der Waals surface area contributed by atoms with E-state index in [4.69, 9.17) is 0 Å². The molecule has 2 heteroatoms. The van der Waals surface area contributed by atoms with E-state index in [2.05, 4.69) is 23.1 Å². The fourth-order valence-electron chi connectivity index (χ4n) is 1.65. The molecule has 0 heterocycles. The second kappa shape index (κ2) is 10.3. The Morgan fingerprint density at radius 3 is 1.75 bits per heavy atom. The number of hydrogen-bond donors (Lipinski definition) is 0. The molecule has 0 aromatic heterocycles. The predicted molar refractivity (Wildman–Crippen MR) is 66.0 cm³/mol. The van der Waals surface area contributed by atoms with Gasteiger partial charge >= 0.3 is 88.0 Å². The third-order valence-electron chi connectivity index (χ3n) is 2.51. The summed E-state index contributed by atoms with van der Waals surface area (Å²) in [6.07, 6.45) is 7.26. The molecule has 0 aromatic rings. The van der Waals surface area contributed by atoms with E-state index in [1.165, 1.54) is 31.8 Å². The third kappa shape index (κ3) is 7.86. The van der Waals surface area contributed by atoms with Crippen molar-refractivity contribution < 1.29 is 0 Å². The molecule has 0 fully saturated rings. The summed E-state index contributed by atoms with van der Waals surface area (Å²) >= 11 is -0.959. The van der Waals surface area contributed by atoms with E-state index in [0.29, 0.717) is 0 Å². The van der Waals surface area contributed by atoms with Gasteiger partial charge in [-0.05, 0) is 0 Å². The van der Waals surface area contributed by atoms with E-state index in [-0.39, 0.29) is 0 Å². The number of unbranched alkanes of at least 4 members (excludes halogenated alkanes) is 2. The first-order valence-electron chi connectivity index (χ1n) is 5.55. The van der Waals surface area contributed by atoms with Gasteiger partial charge in [-0.2, -0.15) is 0 Å². The summed E-state index contributed by atoms with van der Waals surface area (Å²) in [5.41, 5.74) is 0. The molecule has 0 nitrogen and oxygen atoms in total. The number of rotatable bonds is 8. The molecule has 74 valence electrons. The van der Waals surface area contributed by atoms with E-state index in [1.54, 1.807) is 13.3 Å². The number of hydrogen-bond acceptors (Lipinski definition) is 0. The van der Waals surface area contributed by atoms with Gasteiger partial charge in [-0.15, -0.1) is 0 Å². The molecular weight excluding hydrogens is 270 g/mol. The van der Waals surface area contributed by atoms with Gasteiger partial charge in [-0.1, -0.05) is 0 Å². The van der Waals surface area contributed by atoms with Gasteiger partial charge < -0.3 is 0 Å². The molecule has 12 heavy (non-hydrogen) atoms. The summed E-state index contributed by atoms with van der Waals surface area (Å²) in [6.45, 7) is 4.65. The van der Waals surface area contributed by atoms with Crippen LogP contribution in [0.15, 0.2) is 0 Å². The van der Waals surface area contributed by atoms with Crippen molar-refractivity contribution in [3.8, 4) is 0 Å². The first kappa shape index (κ1) is 13.2. The van der Waals surface area contributed by atoms with Gasteiger partial charge in [0.2, 0.25) is 0 Å². The van der Waals surface area contributed by atoms with Crippen molar-refractivity contribution in [3.63, 3.8) is 0 Å². The summed E-state index contributed by atoms with van der Waals surface area (Å²) in [7, 11) is 2.91. The van der Waals surface area contributed by atoms with Crippen molar-refractivity contribution in [1.29, 1.82) is 0 Å². The van der Waals surface area contributed by atoms with E-state index < -0.39 is 19.8 Å². The molecule has 0 radical (unpaired) electrons. The zero-order chi connectivity index (χ0) is 9.23. The molecule has 0 N–H and O–H groups in total. The monoisotopic (exact) mass is 296 g/mol. The van der Waals surface area contributed by atoms with Gasteiger partial charge in [0.25, 0.3) is 0 Å². The van der Waals surface area contributed by atoms with Crippen LogP contribution in [-0.2, 0) is 0 Å². The Labute approximate surface area is 87.8 Å². The molecular formula is C10H25PSn. The van der Waals surface area contributed by atoms with E-state index in [0.717, 1.165) is 0 Å². The topological polar surface area (TPSA) is 0 Å². The minimum absolute atomic E-state index is 0.959. The standard InChI is InChI=1S/2C4H9.C2H6P.Sn.H/c2*1-3-4-2;1-2-3;;/h2*1,3-4H2,2H3;1-3H2;;. The van der Waals surface area contributed by atoms with E-state index in [1.807, 2.05) is 0 Å². The van der Waals surface area contributed by atoms with Crippen molar-refractivity contribution in [2.24, 2.45) is 0 Å². The molecule has 0 saturated heterocycles. The van der Waals surface area contributed by atoms with Crippen LogP contribution in [0.3, 0.4) is 0 Å². The van der Waals surface area contributed by atoms with Crippen LogP contribution in [0.25, 0.3) is 0 Å². The Balaban J connectivity index is 3.40. The van der Waals surface area contributed by atoms with Gasteiger partial charge in [0, 0.05) is 0 Å². The summed E-state index contributed by atoms with van der Waals surface area (Å²) in [5.74, 6) is 0. The predicted octanol–water partition coefficient (Wildman–Crippen LogP) is 3.69. The molecule has 0 saturated carbocycles. The second-order valence-corrected chi connectivity index (χ2v) is 14.2. The molecule has 0 bridgehead atoms. The summed E-state index contributed by atoms with van der Waals surface area (Å²) < 4.78 is 4.98. The molecule has 0 rings (SSSR count). The van der Waals surface area contributed by atoms with Crippen LogP contribution in [0, 0.1) is 0 Å². The van der Waals surface area contributed by atoms with Crippen molar-refractivity contribution >= 4 is 29.0 Å². The van der Waals surface area contributed by atoms with Gasteiger partial charge in [0.1, 0.15) is 0 Å². The summed E-state index contributed by atoms with van der Waals surface area (Å²) in [5, 5.41) is 0. The van der Waals surface area contributed by atoms with Gasteiger partial charge in [0.15, 0.2) is 0 Å². The Hall–Kier alpha value is 1.23. The third-order valence-corrected chi connectivity index (χ3v) is 15.0. The molecule has 0 aromatic carbocycles. The van der Waals surface area contributed by atoms with Crippen molar-refractivity contribution in [1.82, 2.24) is 0 Å². The summed E-state index contributed by atoms with van der Waals surface area (Å²) in [4.78, 5) is 0. The van der Waals surface area contributed by atoms with E-state index in [9.17, 15) is 0 Å². The first-order valence-corrected chi connectivity index (χ1v) is 13.4. The minimum atomic E-state index is -0.959. The molecule has 0 aliphatic rings. The van der Waals surface area contributed by atoms with Crippen LogP contribution >= 0.6 is 9.24 Å². The second-order valence-electron chi connectivity index (χ2n) is 3.73. The Morgan fingerprint density at radius 1 is 0.917 bits per heavy atom. The van der Waals surface area contributed by atoms with Crippen LogP contribution in [-0.4, -0.2) is 25.9 Å². The quantitative estimate of drug-likeness (QED) is 0.473. The van der Waals surface area contributed by atoms with E-state index >= 15 is 0 Å². The molecule has 0 spiro atoms. The maximum absolute atomic E-state index is 2.91. The Morgan fingerprint density at radius 2 is 1.42 bits per heavy atom. The molecule has 1 unspecified atom stereocenters. The molecule has 0 amide bonds. The van der Waals surface area contributed by atoms with Gasteiger partial charge in [0.05, 0.1) is 0 Å². The van der Waals surface area contributed by atoms with Crippen molar-refractivity contribution in [2.45, 2.75) is 52.8 Å². The van der Waals surface area contributed by atoms with Crippen LogP contribution in [0.5, 0.6) is 0 Å². The van der Waals surface area contributed by atoms with Crippen LogP contribution < -0.4 is 0 Å². The SMILES string of the molecule is CCC[CH2][SnH]([CH2]CP)[CH2]CCC. The fourth-order valence-corrected chi connectivity index (χ4v) is 14.3. The zero-order valence-electron chi connectivity index (χ0n) is 8.81. The average molecular weight is 295 g/mol. The van der Waals surface area contributed by atoms with Gasteiger partial charge in [-0.25, -0.2) is 0 Å². The molecule has 1 atom stereocenters. The van der Waals surface area contributed by atoms with Crippen molar-refractivity contribution in [3.05, 3.63) is 0 Å². The van der Waals surface area contributed by atoms with Gasteiger partial charge in [-0.3, -0.25) is 0 Å². The van der Waals surface area contributed by atoms with Crippen molar-refractivity contribution in [2.75, 3.05) is 6.16 Å². The Bertz CT molecular complexity index is 77.9. The summed E-state index contributed by atoms with van der Waals surface area (Å²) in [6, 6.07) is 0. The zero-order valence-corrected chi connectivity index (χ0v) is 13.3. The van der Waals surface area contributed by atoms with Crippen LogP contribution in [0.4, 0.5) is 0 Å².